The molecule has 0 radical (unpaired) electrons. The maximum absolute atomic E-state index is 11.6. The second-order valence-corrected chi connectivity index (χ2v) is 9.76. The zero-order valence-electron chi connectivity index (χ0n) is 14.5. The van der Waals surface area contributed by atoms with Crippen LogP contribution in [0.15, 0.2) is 51.9 Å². The highest BCUT2D eigenvalue weighted by molar-refractivity contribution is 8.14. The van der Waals surface area contributed by atoms with Gasteiger partial charge in [0.05, 0.1) is 17.7 Å². The summed E-state index contributed by atoms with van der Waals surface area (Å²) in [6.45, 7) is 0.743. The molecule has 6 nitrogen and oxygen atoms in total. The van der Waals surface area contributed by atoms with E-state index in [1.54, 1.807) is 42.3 Å². The second kappa shape index (κ2) is 8.24. The lowest BCUT2D eigenvalue weighted by molar-refractivity contribution is 0.600. The summed E-state index contributed by atoms with van der Waals surface area (Å²) < 4.78 is 24.4. The number of benzene rings is 1. The molecule has 0 aliphatic carbocycles. The van der Waals surface area contributed by atoms with Crippen LogP contribution in [0.25, 0.3) is 0 Å². The summed E-state index contributed by atoms with van der Waals surface area (Å²) in [5, 5.41) is 7.31. The first kappa shape index (κ1) is 18.9. The SMILES string of the molecule is CN(c1ccc(C2=NNC(=NCCc3cccs3)SC2)cc1)S(C)(=O)=O. The van der Waals surface area contributed by atoms with E-state index in [0.29, 0.717) is 5.69 Å². The molecule has 3 rings (SSSR count). The molecule has 1 N–H and O–H groups in total. The van der Waals surface area contributed by atoms with Gasteiger partial charge in [0.25, 0.3) is 0 Å². The maximum Gasteiger partial charge on any atom is 0.231 e. The third-order valence-corrected chi connectivity index (χ3v) is 6.94. The fourth-order valence-electron chi connectivity index (χ4n) is 2.32. The Morgan fingerprint density at radius 3 is 2.62 bits per heavy atom. The Hall–Kier alpha value is -1.84. The highest BCUT2D eigenvalue weighted by Crippen LogP contribution is 2.19. The first-order valence-corrected chi connectivity index (χ1v) is 11.7. The molecule has 0 atom stereocenters. The Bertz CT molecular complexity index is 904. The molecule has 9 heteroatoms. The van der Waals surface area contributed by atoms with Gasteiger partial charge < -0.3 is 0 Å². The molecule has 138 valence electrons. The van der Waals surface area contributed by atoms with Crippen LogP contribution in [0.1, 0.15) is 10.4 Å². The Morgan fingerprint density at radius 2 is 2.04 bits per heavy atom. The number of thiophene rings is 1. The van der Waals surface area contributed by atoms with Gasteiger partial charge in [-0.3, -0.25) is 14.7 Å². The molecule has 1 aromatic carbocycles. The molecule has 0 fully saturated rings. The number of amidine groups is 1. The maximum atomic E-state index is 11.6. The summed E-state index contributed by atoms with van der Waals surface area (Å²) >= 11 is 3.37. The zero-order valence-corrected chi connectivity index (χ0v) is 17.0. The molecule has 0 unspecified atom stereocenters. The van der Waals surface area contributed by atoms with Gasteiger partial charge >= 0.3 is 0 Å². The van der Waals surface area contributed by atoms with Crippen LogP contribution >= 0.6 is 23.1 Å². The Morgan fingerprint density at radius 1 is 1.27 bits per heavy atom. The Labute approximate surface area is 162 Å². The molecular weight excluding hydrogens is 388 g/mol. The minimum absolute atomic E-state index is 0.629. The molecule has 0 spiro atoms. The molecule has 2 aromatic rings. The summed E-state index contributed by atoms with van der Waals surface area (Å²) in [5.41, 5.74) is 5.52. The van der Waals surface area contributed by atoms with Gasteiger partial charge in [-0.2, -0.15) is 5.10 Å². The third kappa shape index (κ3) is 4.87. The molecule has 1 aliphatic rings. The van der Waals surface area contributed by atoms with Crippen LogP contribution < -0.4 is 9.73 Å². The van der Waals surface area contributed by atoms with Crippen LogP contribution in [0.3, 0.4) is 0 Å². The summed E-state index contributed by atoms with van der Waals surface area (Å²) in [4.78, 5) is 5.88. The van der Waals surface area contributed by atoms with Gasteiger partial charge in [-0.1, -0.05) is 30.0 Å². The van der Waals surface area contributed by atoms with Gasteiger partial charge in [0.15, 0.2) is 5.17 Å². The number of nitrogens with zero attached hydrogens (tertiary/aromatic N) is 3. The Balaban J connectivity index is 1.60. The minimum atomic E-state index is -3.25. The Kier molecular flexibility index (Phi) is 6.00. The summed E-state index contributed by atoms with van der Waals surface area (Å²) in [5.74, 6) is 0.728. The topological polar surface area (TPSA) is 74.1 Å². The summed E-state index contributed by atoms with van der Waals surface area (Å²) in [7, 11) is -1.71. The van der Waals surface area contributed by atoms with Crippen LogP contribution in [0.4, 0.5) is 5.69 Å². The number of hydrogen-bond acceptors (Lipinski definition) is 6. The first-order valence-electron chi connectivity index (χ1n) is 8.00. The van der Waals surface area contributed by atoms with E-state index in [9.17, 15) is 8.42 Å². The van der Waals surface area contributed by atoms with Crippen molar-refractivity contribution in [3.05, 3.63) is 52.2 Å². The van der Waals surface area contributed by atoms with Crippen molar-refractivity contribution in [3.63, 3.8) is 0 Å². The first-order chi connectivity index (χ1) is 12.4. The van der Waals surface area contributed by atoms with Crippen molar-refractivity contribution in [1.82, 2.24) is 5.43 Å². The number of hydrazone groups is 1. The van der Waals surface area contributed by atoms with E-state index in [-0.39, 0.29) is 0 Å². The molecule has 0 bridgehead atoms. The lowest BCUT2D eigenvalue weighted by atomic mass is 10.1. The summed E-state index contributed by atoms with van der Waals surface area (Å²) in [6, 6.07) is 11.5. The fraction of sp³-hybridized carbons (Fsp3) is 0.294. The molecule has 1 aromatic heterocycles. The normalized spacial score (nSPS) is 16.2. The lowest BCUT2D eigenvalue weighted by Gasteiger charge is -2.18. The quantitative estimate of drug-likeness (QED) is 0.798. The number of anilines is 1. The molecule has 2 heterocycles. The zero-order chi connectivity index (χ0) is 18.6. The number of nitrogens with one attached hydrogen (secondary N) is 1. The van der Waals surface area contributed by atoms with Crippen molar-refractivity contribution >= 4 is 49.7 Å². The van der Waals surface area contributed by atoms with Crippen LogP contribution in [-0.4, -0.2) is 44.9 Å². The standard InChI is InChI=1S/C17H20N4O2S3/c1-21(26(2,22)23)14-7-5-13(6-8-14)16-12-25-17(20-19-16)18-10-9-15-4-3-11-24-15/h3-8,11H,9-10,12H2,1-2H3,(H,18,20). The van der Waals surface area contributed by atoms with Gasteiger partial charge in [0, 0.05) is 30.6 Å². The number of thioether (sulfide) groups is 1. The van der Waals surface area contributed by atoms with Crippen molar-refractivity contribution in [2.45, 2.75) is 6.42 Å². The highest BCUT2D eigenvalue weighted by atomic mass is 32.2. The van der Waals surface area contributed by atoms with Crippen LogP contribution in [0.5, 0.6) is 0 Å². The van der Waals surface area contributed by atoms with E-state index < -0.39 is 10.0 Å². The monoisotopic (exact) mass is 408 g/mol. The van der Waals surface area contributed by atoms with E-state index in [1.807, 2.05) is 12.1 Å². The van der Waals surface area contributed by atoms with Crippen molar-refractivity contribution in [2.75, 3.05) is 29.9 Å². The second-order valence-electron chi connectivity index (χ2n) is 5.75. The molecule has 0 saturated heterocycles. The van der Waals surface area contributed by atoms with E-state index in [4.69, 9.17) is 0 Å². The van der Waals surface area contributed by atoms with E-state index >= 15 is 0 Å². The molecule has 26 heavy (non-hydrogen) atoms. The van der Waals surface area contributed by atoms with Gasteiger partial charge in [0.1, 0.15) is 0 Å². The summed E-state index contributed by atoms with van der Waals surface area (Å²) in [6.07, 6.45) is 2.13. The van der Waals surface area contributed by atoms with Crippen LogP contribution in [0.2, 0.25) is 0 Å². The number of sulfonamides is 1. The van der Waals surface area contributed by atoms with E-state index in [2.05, 4.69) is 33.0 Å². The van der Waals surface area contributed by atoms with Crippen molar-refractivity contribution in [3.8, 4) is 0 Å². The van der Waals surface area contributed by atoms with Crippen molar-refractivity contribution in [1.29, 1.82) is 0 Å². The average Bonchev–Trinajstić information content (AvgIpc) is 3.15. The number of rotatable bonds is 6. The smallest absolute Gasteiger partial charge is 0.231 e. The third-order valence-electron chi connectivity index (χ3n) is 3.89. The predicted octanol–water partition coefficient (Wildman–Crippen LogP) is 2.78. The minimum Gasteiger partial charge on any atom is -0.274 e. The van der Waals surface area contributed by atoms with Gasteiger partial charge in [-0.25, -0.2) is 8.42 Å². The largest absolute Gasteiger partial charge is 0.274 e. The van der Waals surface area contributed by atoms with E-state index in [0.717, 1.165) is 35.2 Å². The molecular formula is C17H20N4O2S3. The fourth-order valence-corrected chi connectivity index (χ4v) is 4.32. The number of aliphatic imine (C=N–C) groups is 1. The molecule has 0 amide bonds. The van der Waals surface area contributed by atoms with Gasteiger partial charge in [-0.15, -0.1) is 11.3 Å². The van der Waals surface area contributed by atoms with Crippen molar-refractivity contribution in [2.24, 2.45) is 10.1 Å². The van der Waals surface area contributed by atoms with Crippen LogP contribution in [-0.2, 0) is 16.4 Å². The highest BCUT2D eigenvalue weighted by Gasteiger charge is 2.15. The number of hydrogen-bond donors (Lipinski definition) is 1. The van der Waals surface area contributed by atoms with Gasteiger partial charge in [0.2, 0.25) is 10.0 Å². The van der Waals surface area contributed by atoms with Crippen molar-refractivity contribution < 1.29 is 8.42 Å². The lowest BCUT2D eigenvalue weighted by Crippen LogP contribution is -2.26. The molecule has 1 aliphatic heterocycles. The molecule has 0 saturated carbocycles. The van der Waals surface area contributed by atoms with Crippen LogP contribution in [0, 0.1) is 0 Å². The van der Waals surface area contributed by atoms with E-state index in [1.165, 1.54) is 15.4 Å². The van der Waals surface area contributed by atoms with Gasteiger partial charge in [-0.05, 0) is 29.1 Å². The predicted molar refractivity (Wildman–Crippen MR) is 112 cm³/mol. The average molecular weight is 409 g/mol.